The van der Waals surface area contributed by atoms with Gasteiger partial charge in [-0.1, -0.05) is 6.07 Å². The first-order chi connectivity index (χ1) is 14.4. The predicted octanol–water partition coefficient (Wildman–Crippen LogP) is 5.49. The number of aromatic carboxylic acids is 1. The van der Waals surface area contributed by atoms with Crippen LogP contribution in [0.2, 0.25) is 0 Å². The van der Waals surface area contributed by atoms with Crippen molar-refractivity contribution in [3.63, 3.8) is 0 Å². The summed E-state index contributed by atoms with van der Waals surface area (Å²) in [6, 6.07) is 12.4. The second kappa shape index (κ2) is 8.15. The Balaban J connectivity index is 1.59. The predicted molar refractivity (Wildman–Crippen MR) is 112 cm³/mol. The minimum absolute atomic E-state index is 0.202. The summed E-state index contributed by atoms with van der Waals surface area (Å²) in [4.78, 5) is 14.1. The first-order valence-corrected chi connectivity index (χ1v) is 10.6. The fourth-order valence-electron chi connectivity index (χ4n) is 3.64. The highest BCUT2D eigenvalue weighted by atomic mass is 32.2. The summed E-state index contributed by atoms with van der Waals surface area (Å²) in [7, 11) is 0. The van der Waals surface area contributed by atoms with Crippen molar-refractivity contribution < 1.29 is 18.7 Å². The second-order valence-corrected chi connectivity index (χ2v) is 8.57. The molecule has 8 heteroatoms. The van der Waals surface area contributed by atoms with Crippen LogP contribution in [0.1, 0.15) is 53.1 Å². The molecule has 2 fully saturated rings. The summed E-state index contributed by atoms with van der Waals surface area (Å²) in [5.41, 5.74) is 3.21. The number of carboxylic acids is 1. The van der Waals surface area contributed by atoms with Crippen LogP contribution in [-0.2, 0) is 0 Å². The zero-order chi connectivity index (χ0) is 21.3. The van der Waals surface area contributed by atoms with E-state index in [2.05, 4.69) is 10.8 Å². The molecule has 2 aromatic rings. The molecule has 0 bridgehead atoms. The number of hydrogen-bond donors (Lipinski definition) is 2. The van der Waals surface area contributed by atoms with Crippen LogP contribution in [0.4, 0.5) is 20.2 Å². The average Bonchev–Trinajstić information content (AvgIpc) is 3.57. The van der Waals surface area contributed by atoms with E-state index in [1.807, 2.05) is 11.0 Å². The first kappa shape index (κ1) is 20.5. The third-order valence-corrected chi connectivity index (χ3v) is 6.41. The smallest absolute Gasteiger partial charge is 0.335 e. The van der Waals surface area contributed by atoms with Crippen LogP contribution in [0, 0.1) is 11.3 Å². The lowest BCUT2D eigenvalue weighted by atomic mass is 10.1. The molecule has 1 aliphatic carbocycles. The molecule has 2 N–H and O–H groups in total. The Hall–Kier alpha value is -2.79. The van der Waals surface area contributed by atoms with Crippen molar-refractivity contribution in [2.45, 2.75) is 42.4 Å². The van der Waals surface area contributed by atoms with E-state index < -0.39 is 11.9 Å². The van der Waals surface area contributed by atoms with Crippen molar-refractivity contribution in [1.29, 1.82) is 5.26 Å². The molecule has 0 radical (unpaired) electrons. The molecule has 1 aliphatic heterocycles. The number of carbonyl (C=O) groups is 1. The third kappa shape index (κ3) is 4.51. The molecule has 4 rings (SSSR count). The number of hydrogen-bond acceptors (Lipinski definition) is 5. The molecule has 156 valence electrons. The number of nitrogens with zero attached hydrogens (tertiary/aromatic N) is 2. The molecule has 2 aromatic carbocycles. The summed E-state index contributed by atoms with van der Waals surface area (Å²) in [5, 5.41) is 18.6. The second-order valence-electron chi connectivity index (χ2n) is 7.72. The largest absolute Gasteiger partial charge is 0.478 e. The normalized spacial score (nSPS) is 18.0. The van der Waals surface area contributed by atoms with Crippen LogP contribution in [0.3, 0.4) is 0 Å². The van der Waals surface area contributed by atoms with E-state index in [4.69, 9.17) is 0 Å². The van der Waals surface area contributed by atoms with Gasteiger partial charge in [-0.3, -0.25) is 0 Å². The first-order valence-electron chi connectivity index (χ1n) is 9.83. The SMILES string of the molecule is N#Cc1ccc(N2CCC(F)(F)CC2)c(NSc2cc(C(=O)O)ccc2C2CC2)c1. The molecule has 0 amide bonds. The maximum atomic E-state index is 13.6. The highest BCUT2D eigenvalue weighted by molar-refractivity contribution is 8.00. The van der Waals surface area contributed by atoms with Crippen LogP contribution in [-0.4, -0.2) is 30.1 Å². The van der Waals surface area contributed by atoms with Crippen molar-refractivity contribution in [3.8, 4) is 6.07 Å². The Morgan fingerprint density at radius 2 is 1.93 bits per heavy atom. The topological polar surface area (TPSA) is 76.4 Å². The highest BCUT2D eigenvalue weighted by Crippen LogP contribution is 2.45. The molecule has 0 spiro atoms. The van der Waals surface area contributed by atoms with Gasteiger partial charge in [0.05, 0.1) is 28.6 Å². The number of anilines is 2. The molecule has 30 heavy (non-hydrogen) atoms. The van der Waals surface area contributed by atoms with Crippen LogP contribution >= 0.6 is 11.9 Å². The zero-order valence-corrected chi connectivity index (χ0v) is 17.0. The van der Waals surface area contributed by atoms with Crippen molar-refractivity contribution in [3.05, 3.63) is 53.1 Å². The number of halogens is 2. The van der Waals surface area contributed by atoms with E-state index in [1.54, 1.807) is 30.3 Å². The zero-order valence-electron chi connectivity index (χ0n) is 16.2. The summed E-state index contributed by atoms with van der Waals surface area (Å²) in [6.45, 7) is 0.472. The third-order valence-electron chi connectivity index (χ3n) is 5.51. The number of rotatable bonds is 6. The molecule has 0 unspecified atom stereocenters. The Morgan fingerprint density at radius 3 is 2.57 bits per heavy atom. The van der Waals surface area contributed by atoms with Crippen molar-refractivity contribution >= 4 is 29.3 Å². The maximum Gasteiger partial charge on any atom is 0.335 e. The van der Waals surface area contributed by atoms with Gasteiger partial charge in [0, 0.05) is 30.8 Å². The number of benzene rings is 2. The van der Waals surface area contributed by atoms with Crippen LogP contribution < -0.4 is 9.62 Å². The van der Waals surface area contributed by atoms with E-state index in [-0.39, 0.29) is 31.5 Å². The number of nitriles is 1. The van der Waals surface area contributed by atoms with Crippen LogP contribution in [0.15, 0.2) is 41.3 Å². The van der Waals surface area contributed by atoms with Gasteiger partial charge in [0.15, 0.2) is 0 Å². The van der Waals surface area contributed by atoms with Gasteiger partial charge in [0.1, 0.15) is 0 Å². The molecule has 2 aliphatic rings. The summed E-state index contributed by atoms with van der Waals surface area (Å²) in [5.74, 6) is -3.19. The molecule has 0 aromatic heterocycles. The molecular weight excluding hydrogens is 408 g/mol. The fourth-order valence-corrected chi connectivity index (χ4v) is 4.56. The number of piperidine rings is 1. The molecule has 1 saturated carbocycles. The van der Waals surface area contributed by atoms with Crippen molar-refractivity contribution in [1.82, 2.24) is 0 Å². The Labute approximate surface area is 177 Å². The molecule has 5 nitrogen and oxygen atoms in total. The summed E-state index contributed by atoms with van der Waals surface area (Å²) >= 11 is 1.30. The summed E-state index contributed by atoms with van der Waals surface area (Å²) < 4.78 is 30.4. The fraction of sp³-hybridized carbons (Fsp3) is 0.364. The van der Waals surface area contributed by atoms with Gasteiger partial charge in [0.2, 0.25) is 0 Å². The average molecular weight is 429 g/mol. The van der Waals surface area contributed by atoms with E-state index in [0.29, 0.717) is 17.2 Å². The van der Waals surface area contributed by atoms with Crippen molar-refractivity contribution in [2.24, 2.45) is 0 Å². The van der Waals surface area contributed by atoms with E-state index in [9.17, 15) is 23.9 Å². The van der Waals surface area contributed by atoms with Gasteiger partial charge < -0.3 is 14.7 Å². The summed E-state index contributed by atoms with van der Waals surface area (Å²) in [6.07, 6.45) is 1.76. The molecule has 1 heterocycles. The van der Waals surface area contributed by atoms with Gasteiger partial charge in [-0.15, -0.1) is 0 Å². The maximum absolute atomic E-state index is 13.6. The number of nitrogens with one attached hydrogen (secondary N) is 1. The van der Waals surface area contributed by atoms with Crippen LogP contribution in [0.5, 0.6) is 0 Å². The van der Waals surface area contributed by atoms with Crippen molar-refractivity contribution in [2.75, 3.05) is 22.7 Å². The molecular formula is C22H21F2N3O2S. The minimum Gasteiger partial charge on any atom is -0.478 e. The number of carboxylic acid groups (broad SMARTS) is 1. The van der Waals surface area contributed by atoms with Gasteiger partial charge in [-0.25, -0.2) is 13.6 Å². The van der Waals surface area contributed by atoms with Gasteiger partial charge >= 0.3 is 5.97 Å². The molecule has 0 atom stereocenters. The quantitative estimate of drug-likeness (QED) is 0.592. The van der Waals surface area contributed by atoms with Gasteiger partial charge in [-0.2, -0.15) is 5.26 Å². The minimum atomic E-state index is -2.64. The Kier molecular flexibility index (Phi) is 5.56. The number of alkyl halides is 2. The molecule has 1 saturated heterocycles. The lowest BCUT2D eigenvalue weighted by Crippen LogP contribution is -2.39. The van der Waals surface area contributed by atoms with E-state index in [0.717, 1.165) is 29.0 Å². The lowest BCUT2D eigenvalue weighted by molar-refractivity contribution is -0.0220. The Morgan fingerprint density at radius 1 is 1.20 bits per heavy atom. The monoisotopic (exact) mass is 429 g/mol. The van der Waals surface area contributed by atoms with Crippen LogP contribution in [0.25, 0.3) is 0 Å². The highest BCUT2D eigenvalue weighted by Gasteiger charge is 2.34. The van der Waals surface area contributed by atoms with E-state index >= 15 is 0 Å². The lowest BCUT2D eigenvalue weighted by Gasteiger charge is -2.34. The van der Waals surface area contributed by atoms with E-state index in [1.165, 1.54) is 11.9 Å². The van der Waals surface area contributed by atoms with Gasteiger partial charge in [0.25, 0.3) is 5.92 Å². The standard InChI is InChI=1S/C22H21F2N3O2S/c23-22(24)7-9-27(10-8-22)19-6-1-14(13-25)11-18(19)26-30-20-12-16(21(28)29)4-5-17(20)15-2-3-15/h1,4-6,11-12,15,26H,2-3,7-10H2,(H,28,29). The Bertz CT molecular complexity index is 1010. The van der Waals surface area contributed by atoms with Gasteiger partial charge in [-0.05, 0) is 66.6 Å².